The predicted octanol–water partition coefficient (Wildman–Crippen LogP) is 3.41. The van der Waals surface area contributed by atoms with Crippen molar-refractivity contribution in [3.63, 3.8) is 0 Å². The van der Waals surface area contributed by atoms with E-state index in [-0.39, 0.29) is 12.2 Å². The van der Waals surface area contributed by atoms with Crippen molar-refractivity contribution in [2.75, 3.05) is 0 Å². The highest BCUT2D eigenvalue weighted by Crippen LogP contribution is 2.21. The molecule has 0 saturated carbocycles. The van der Waals surface area contributed by atoms with Crippen LogP contribution in [0.4, 0.5) is 0 Å². The second-order valence-electron chi connectivity index (χ2n) is 6.55. The molecule has 3 aromatic carbocycles. The van der Waals surface area contributed by atoms with Crippen molar-refractivity contribution in [1.82, 2.24) is 5.32 Å². The number of carboxylic acid groups (broad SMARTS) is 1. The lowest BCUT2D eigenvalue weighted by molar-refractivity contribution is -0.139. The Morgan fingerprint density at radius 2 is 1.50 bits per heavy atom. The van der Waals surface area contributed by atoms with Gasteiger partial charge in [0.2, 0.25) is 0 Å². The Hall–Kier alpha value is -3.60. The van der Waals surface area contributed by atoms with Crippen molar-refractivity contribution >= 4 is 11.9 Å². The first-order valence-electron chi connectivity index (χ1n) is 8.96. The highest BCUT2D eigenvalue weighted by atomic mass is 16.4. The average Bonchev–Trinajstić information content (AvgIpc) is 2.70. The number of aliphatic carboxylic acids is 1. The van der Waals surface area contributed by atoms with E-state index >= 15 is 0 Å². The number of phenols is 1. The summed E-state index contributed by atoms with van der Waals surface area (Å²) in [4.78, 5) is 24.1. The van der Waals surface area contributed by atoms with Gasteiger partial charge in [-0.15, -0.1) is 0 Å². The second-order valence-corrected chi connectivity index (χ2v) is 6.55. The first-order valence-corrected chi connectivity index (χ1v) is 8.96. The molecule has 0 saturated heterocycles. The Morgan fingerprint density at radius 1 is 0.857 bits per heavy atom. The van der Waals surface area contributed by atoms with Crippen molar-refractivity contribution in [2.24, 2.45) is 0 Å². The molecule has 0 spiro atoms. The summed E-state index contributed by atoms with van der Waals surface area (Å²) >= 11 is 0. The van der Waals surface area contributed by atoms with Crippen molar-refractivity contribution in [1.29, 1.82) is 0 Å². The maximum absolute atomic E-state index is 12.4. The first kappa shape index (κ1) is 19.2. The molecule has 1 amide bonds. The third kappa shape index (κ3) is 4.98. The molecule has 3 rings (SSSR count). The molecule has 28 heavy (non-hydrogen) atoms. The minimum atomic E-state index is -1.11. The zero-order chi connectivity index (χ0) is 19.9. The number of hydrogen-bond acceptors (Lipinski definition) is 3. The van der Waals surface area contributed by atoms with E-state index in [9.17, 15) is 19.8 Å². The van der Waals surface area contributed by atoms with Crippen LogP contribution < -0.4 is 5.32 Å². The number of carbonyl (C=O) groups excluding carboxylic acids is 1. The standard InChI is InChI=1S/C23H21NO4/c25-20-12-11-18(19(14-20)13-16-7-3-1-4-8-16)15-21(23(27)28)24-22(26)17-9-5-2-6-10-17/h1-12,14,21,25H,13,15H2,(H,24,26)(H,27,28)/t21-/m0/s1. The number of benzene rings is 3. The molecule has 5 nitrogen and oxygen atoms in total. The molecule has 0 aromatic heterocycles. The smallest absolute Gasteiger partial charge is 0.326 e. The van der Waals surface area contributed by atoms with Crippen molar-refractivity contribution < 1.29 is 19.8 Å². The van der Waals surface area contributed by atoms with Crippen molar-refractivity contribution in [2.45, 2.75) is 18.9 Å². The molecule has 0 bridgehead atoms. The zero-order valence-electron chi connectivity index (χ0n) is 15.2. The van der Waals surface area contributed by atoms with Gasteiger partial charge in [-0.2, -0.15) is 0 Å². The zero-order valence-corrected chi connectivity index (χ0v) is 15.2. The van der Waals surface area contributed by atoms with Crippen molar-refractivity contribution in [3.8, 4) is 5.75 Å². The van der Waals surface area contributed by atoms with Crippen LogP contribution >= 0.6 is 0 Å². The van der Waals surface area contributed by atoms with Crippen LogP contribution in [-0.2, 0) is 17.6 Å². The fourth-order valence-corrected chi connectivity index (χ4v) is 3.04. The molecule has 5 heteroatoms. The Balaban J connectivity index is 1.81. The summed E-state index contributed by atoms with van der Waals surface area (Å²) in [6.45, 7) is 0. The normalized spacial score (nSPS) is 11.6. The lowest BCUT2D eigenvalue weighted by Crippen LogP contribution is -2.42. The third-order valence-electron chi connectivity index (χ3n) is 4.49. The van der Waals surface area contributed by atoms with Gasteiger partial charge >= 0.3 is 5.97 Å². The van der Waals surface area contributed by atoms with Crippen LogP contribution in [-0.4, -0.2) is 28.1 Å². The van der Waals surface area contributed by atoms with Crippen LogP contribution in [0.2, 0.25) is 0 Å². The average molecular weight is 375 g/mol. The lowest BCUT2D eigenvalue weighted by atomic mass is 9.95. The lowest BCUT2D eigenvalue weighted by Gasteiger charge is -2.17. The van der Waals surface area contributed by atoms with E-state index in [0.29, 0.717) is 12.0 Å². The Bertz CT molecular complexity index is 955. The van der Waals surface area contributed by atoms with E-state index in [4.69, 9.17) is 0 Å². The minimum Gasteiger partial charge on any atom is -0.508 e. The number of rotatable bonds is 7. The molecule has 0 aliphatic carbocycles. The van der Waals surface area contributed by atoms with Gasteiger partial charge in [0.05, 0.1) is 0 Å². The van der Waals surface area contributed by atoms with E-state index in [1.807, 2.05) is 30.3 Å². The van der Waals surface area contributed by atoms with Gasteiger partial charge in [-0.05, 0) is 47.4 Å². The fourth-order valence-electron chi connectivity index (χ4n) is 3.04. The molecule has 0 aliphatic heterocycles. The number of carboxylic acids is 1. The van der Waals surface area contributed by atoms with Crippen molar-refractivity contribution in [3.05, 3.63) is 101 Å². The number of amides is 1. The number of phenolic OH excluding ortho intramolecular Hbond substituents is 1. The van der Waals surface area contributed by atoms with Crippen LogP contribution in [0, 0.1) is 0 Å². The molecular weight excluding hydrogens is 354 g/mol. The molecule has 0 radical (unpaired) electrons. The van der Waals surface area contributed by atoms with Gasteiger partial charge in [0.15, 0.2) is 0 Å². The molecule has 3 N–H and O–H groups in total. The SMILES string of the molecule is O=C(N[C@@H](Cc1ccc(O)cc1Cc1ccccc1)C(=O)O)c1ccccc1. The number of carbonyl (C=O) groups is 2. The molecule has 1 atom stereocenters. The summed E-state index contributed by atoms with van der Waals surface area (Å²) in [5.41, 5.74) is 3.05. The monoisotopic (exact) mass is 375 g/mol. The predicted molar refractivity (Wildman–Crippen MR) is 106 cm³/mol. The Kier molecular flexibility index (Phi) is 6.07. The Labute approximate surface area is 163 Å². The maximum Gasteiger partial charge on any atom is 0.326 e. The van der Waals surface area contributed by atoms with Gasteiger partial charge in [0.1, 0.15) is 11.8 Å². The van der Waals surface area contributed by atoms with Gasteiger partial charge in [-0.1, -0.05) is 54.6 Å². The molecule has 0 aliphatic rings. The summed E-state index contributed by atoms with van der Waals surface area (Å²) in [5, 5.41) is 22.1. The van der Waals surface area contributed by atoms with Crippen LogP contribution in [0.5, 0.6) is 5.75 Å². The van der Waals surface area contributed by atoms with Gasteiger partial charge < -0.3 is 15.5 Å². The fraction of sp³-hybridized carbons (Fsp3) is 0.130. The molecular formula is C23H21NO4. The van der Waals surface area contributed by atoms with Gasteiger partial charge in [-0.25, -0.2) is 4.79 Å². The summed E-state index contributed by atoms with van der Waals surface area (Å²) in [6, 6.07) is 22.0. The van der Waals surface area contributed by atoms with Gasteiger partial charge in [-0.3, -0.25) is 4.79 Å². The van der Waals surface area contributed by atoms with E-state index in [0.717, 1.165) is 16.7 Å². The highest BCUT2D eigenvalue weighted by molar-refractivity contribution is 5.96. The maximum atomic E-state index is 12.4. The van der Waals surface area contributed by atoms with Crippen LogP contribution in [0.3, 0.4) is 0 Å². The highest BCUT2D eigenvalue weighted by Gasteiger charge is 2.22. The minimum absolute atomic E-state index is 0.120. The van der Waals surface area contributed by atoms with Crippen LogP contribution in [0.15, 0.2) is 78.9 Å². The number of aromatic hydroxyl groups is 1. The molecule has 0 unspecified atom stereocenters. The van der Waals surface area contributed by atoms with E-state index in [2.05, 4.69) is 5.32 Å². The topological polar surface area (TPSA) is 86.6 Å². The van der Waals surface area contributed by atoms with Gasteiger partial charge in [0.25, 0.3) is 5.91 Å². The summed E-state index contributed by atoms with van der Waals surface area (Å²) in [5.74, 6) is -1.42. The number of hydrogen-bond donors (Lipinski definition) is 3. The van der Waals surface area contributed by atoms with Gasteiger partial charge in [0, 0.05) is 12.0 Å². The number of nitrogens with one attached hydrogen (secondary N) is 1. The molecule has 3 aromatic rings. The van der Waals surface area contributed by atoms with Crippen LogP contribution in [0.1, 0.15) is 27.0 Å². The van der Waals surface area contributed by atoms with E-state index < -0.39 is 17.9 Å². The quantitative estimate of drug-likeness (QED) is 0.591. The molecule has 0 heterocycles. The Morgan fingerprint density at radius 3 is 2.14 bits per heavy atom. The summed E-state index contributed by atoms with van der Waals surface area (Å²) in [7, 11) is 0. The second kappa shape index (κ2) is 8.86. The molecule has 142 valence electrons. The van der Waals surface area contributed by atoms with Crippen LogP contribution in [0.25, 0.3) is 0 Å². The largest absolute Gasteiger partial charge is 0.508 e. The first-order chi connectivity index (χ1) is 13.5. The third-order valence-corrected chi connectivity index (χ3v) is 4.49. The summed E-state index contributed by atoms with van der Waals surface area (Å²) < 4.78 is 0. The summed E-state index contributed by atoms with van der Waals surface area (Å²) in [6.07, 6.45) is 0.680. The molecule has 0 fully saturated rings. The van der Waals surface area contributed by atoms with E-state index in [1.165, 1.54) is 6.07 Å². The van der Waals surface area contributed by atoms with E-state index in [1.54, 1.807) is 42.5 Å².